The summed E-state index contributed by atoms with van der Waals surface area (Å²) >= 11 is 0. The predicted octanol–water partition coefficient (Wildman–Crippen LogP) is 3.08. The van der Waals surface area contributed by atoms with Crippen molar-refractivity contribution in [2.75, 3.05) is 33.2 Å². The highest BCUT2D eigenvalue weighted by Crippen LogP contribution is 2.21. The van der Waals surface area contributed by atoms with Crippen molar-refractivity contribution in [1.29, 1.82) is 0 Å². The standard InChI is InChI=1S/C23H36N4O2S/c1-5-26-13-11-21(17-26)16-25(4)18-22-15-24-23(30(28,29)19(2)3)27(22)14-12-20-9-7-6-8-10-20/h6-10,15,19,21H,5,11-14,16-18H2,1-4H3. The lowest BCUT2D eigenvalue weighted by molar-refractivity contribution is 0.255. The lowest BCUT2D eigenvalue weighted by Crippen LogP contribution is -2.29. The molecule has 0 bridgehead atoms. The van der Waals surface area contributed by atoms with Crippen LogP contribution in [0.4, 0.5) is 0 Å². The summed E-state index contributed by atoms with van der Waals surface area (Å²) in [5, 5.41) is -0.283. The first-order chi connectivity index (χ1) is 14.3. The summed E-state index contributed by atoms with van der Waals surface area (Å²) in [6.07, 6.45) is 3.77. The molecule has 30 heavy (non-hydrogen) atoms. The zero-order valence-electron chi connectivity index (χ0n) is 18.8. The molecular weight excluding hydrogens is 396 g/mol. The SMILES string of the molecule is CCN1CCC(CN(C)Cc2cnc(S(=O)(=O)C(C)C)n2CCc2ccccc2)C1. The topological polar surface area (TPSA) is 58.4 Å². The Hall–Kier alpha value is -1.70. The van der Waals surface area contributed by atoms with Gasteiger partial charge in [0.15, 0.2) is 0 Å². The lowest BCUT2D eigenvalue weighted by atomic mass is 10.1. The van der Waals surface area contributed by atoms with Gasteiger partial charge in [-0.2, -0.15) is 0 Å². The largest absolute Gasteiger partial charge is 0.317 e. The molecule has 0 saturated carbocycles. The highest BCUT2D eigenvalue weighted by Gasteiger charge is 2.27. The number of nitrogens with zero attached hydrogens (tertiary/aromatic N) is 4. The van der Waals surface area contributed by atoms with Crippen molar-refractivity contribution in [3.8, 4) is 0 Å². The van der Waals surface area contributed by atoms with Crippen LogP contribution >= 0.6 is 0 Å². The van der Waals surface area contributed by atoms with Crippen LogP contribution < -0.4 is 0 Å². The highest BCUT2D eigenvalue weighted by molar-refractivity contribution is 7.91. The summed E-state index contributed by atoms with van der Waals surface area (Å²) in [7, 11) is -1.31. The molecule has 1 unspecified atom stereocenters. The van der Waals surface area contributed by atoms with Crippen LogP contribution in [0.25, 0.3) is 0 Å². The van der Waals surface area contributed by atoms with E-state index >= 15 is 0 Å². The number of likely N-dealkylation sites (tertiary alicyclic amines) is 1. The van der Waals surface area contributed by atoms with E-state index in [2.05, 4.69) is 40.9 Å². The maximum Gasteiger partial charge on any atom is 0.228 e. The monoisotopic (exact) mass is 432 g/mol. The van der Waals surface area contributed by atoms with Crippen LogP contribution in [-0.2, 0) is 29.3 Å². The van der Waals surface area contributed by atoms with Crippen LogP contribution in [0.5, 0.6) is 0 Å². The normalized spacial score (nSPS) is 18.0. The van der Waals surface area contributed by atoms with Gasteiger partial charge in [-0.05, 0) is 58.3 Å². The zero-order chi connectivity index (χ0) is 21.7. The van der Waals surface area contributed by atoms with Crippen molar-refractivity contribution < 1.29 is 8.42 Å². The number of benzene rings is 1. The van der Waals surface area contributed by atoms with Gasteiger partial charge in [0.25, 0.3) is 0 Å². The molecule has 3 rings (SSSR count). The predicted molar refractivity (Wildman–Crippen MR) is 121 cm³/mol. The van der Waals surface area contributed by atoms with E-state index in [1.807, 2.05) is 22.8 Å². The fourth-order valence-corrected chi connectivity index (χ4v) is 5.35. The summed E-state index contributed by atoms with van der Waals surface area (Å²) in [6.45, 7) is 11.4. The molecule has 1 aliphatic rings. The minimum absolute atomic E-state index is 0.204. The van der Waals surface area contributed by atoms with E-state index in [9.17, 15) is 8.42 Å². The van der Waals surface area contributed by atoms with Crippen molar-refractivity contribution in [3.63, 3.8) is 0 Å². The van der Waals surface area contributed by atoms with Gasteiger partial charge in [0.2, 0.25) is 15.0 Å². The summed E-state index contributed by atoms with van der Waals surface area (Å²) in [6, 6.07) is 10.2. The number of imidazole rings is 1. The molecule has 0 amide bonds. The number of hydrogen-bond acceptors (Lipinski definition) is 5. The summed E-state index contributed by atoms with van der Waals surface area (Å²) in [5.74, 6) is 0.675. The molecule has 2 heterocycles. The Labute approximate surface area is 181 Å². The highest BCUT2D eigenvalue weighted by atomic mass is 32.2. The third kappa shape index (κ3) is 5.50. The molecule has 0 radical (unpaired) electrons. The van der Waals surface area contributed by atoms with E-state index in [1.54, 1.807) is 20.0 Å². The molecule has 0 aliphatic carbocycles. The molecule has 1 aliphatic heterocycles. The fourth-order valence-electron chi connectivity index (χ4n) is 4.21. The van der Waals surface area contributed by atoms with Crippen LogP contribution in [0.3, 0.4) is 0 Å². The average Bonchev–Trinajstić information content (AvgIpc) is 3.34. The number of hydrogen-bond donors (Lipinski definition) is 0. The van der Waals surface area contributed by atoms with Crippen molar-refractivity contribution in [2.45, 2.75) is 57.1 Å². The molecular formula is C23H36N4O2S. The first-order valence-electron chi connectivity index (χ1n) is 11.0. The van der Waals surface area contributed by atoms with Gasteiger partial charge in [-0.15, -0.1) is 0 Å². The number of sulfone groups is 1. The average molecular weight is 433 g/mol. The van der Waals surface area contributed by atoms with Crippen molar-refractivity contribution in [1.82, 2.24) is 19.4 Å². The van der Waals surface area contributed by atoms with E-state index in [0.717, 1.165) is 31.7 Å². The Bertz CT molecular complexity index is 909. The summed E-state index contributed by atoms with van der Waals surface area (Å²) < 4.78 is 27.7. The van der Waals surface area contributed by atoms with E-state index in [0.29, 0.717) is 19.0 Å². The van der Waals surface area contributed by atoms with E-state index in [4.69, 9.17) is 0 Å². The summed E-state index contributed by atoms with van der Waals surface area (Å²) in [4.78, 5) is 9.18. The molecule has 6 nitrogen and oxygen atoms in total. The molecule has 0 spiro atoms. The zero-order valence-corrected chi connectivity index (χ0v) is 19.6. The number of aryl methyl sites for hydroxylation is 1. The first kappa shape index (κ1) is 23.0. The third-order valence-electron chi connectivity index (χ3n) is 6.06. The Morgan fingerprint density at radius 1 is 1.23 bits per heavy atom. The van der Waals surface area contributed by atoms with Crippen molar-refractivity contribution >= 4 is 9.84 Å². The number of rotatable bonds is 10. The van der Waals surface area contributed by atoms with E-state index in [1.165, 1.54) is 18.5 Å². The quantitative estimate of drug-likeness (QED) is 0.577. The second-order valence-electron chi connectivity index (χ2n) is 8.76. The smallest absolute Gasteiger partial charge is 0.228 e. The minimum atomic E-state index is -3.43. The van der Waals surface area contributed by atoms with Crippen LogP contribution in [0.1, 0.15) is 38.4 Å². The minimum Gasteiger partial charge on any atom is -0.317 e. The van der Waals surface area contributed by atoms with Gasteiger partial charge in [-0.3, -0.25) is 0 Å². The van der Waals surface area contributed by atoms with Gasteiger partial charge in [0.05, 0.1) is 17.1 Å². The van der Waals surface area contributed by atoms with Crippen molar-refractivity contribution in [2.24, 2.45) is 5.92 Å². The molecule has 166 valence electrons. The molecule has 1 aromatic heterocycles. The molecule has 1 fully saturated rings. The molecule has 2 aromatic rings. The van der Waals surface area contributed by atoms with Crippen LogP contribution in [0.2, 0.25) is 0 Å². The molecule has 0 N–H and O–H groups in total. The molecule has 1 saturated heterocycles. The van der Waals surface area contributed by atoms with Crippen LogP contribution in [-0.4, -0.2) is 66.2 Å². The van der Waals surface area contributed by atoms with Crippen molar-refractivity contribution in [3.05, 3.63) is 47.8 Å². The van der Waals surface area contributed by atoms with Gasteiger partial charge >= 0.3 is 0 Å². The maximum absolute atomic E-state index is 12.9. The maximum atomic E-state index is 12.9. The summed E-state index contributed by atoms with van der Waals surface area (Å²) in [5.41, 5.74) is 2.17. The fraction of sp³-hybridized carbons (Fsp3) is 0.609. The first-order valence-corrected chi connectivity index (χ1v) is 12.6. The second kappa shape index (κ2) is 10.1. The van der Waals surface area contributed by atoms with E-state index in [-0.39, 0.29) is 5.16 Å². The molecule has 1 atom stereocenters. The van der Waals surface area contributed by atoms with Gasteiger partial charge < -0.3 is 14.4 Å². The number of aromatic nitrogens is 2. The van der Waals surface area contributed by atoms with E-state index < -0.39 is 15.1 Å². The Kier molecular flexibility index (Phi) is 7.71. The molecule has 1 aromatic carbocycles. The van der Waals surface area contributed by atoms with Crippen LogP contribution in [0.15, 0.2) is 41.7 Å². The Morgan fingerprint density at radius 2 is 1.97 bits per heavy atom. The van der Waals surface area contributed by atoms with Gasteiger partial charge in [-0.25, -0.2) is 13.4 Å². The van der Waals surface area contributed by atoms with Gasteiger partial charge in [0.1, 0.15) is 0 Å². The molecule has 7 heteroatoms. The third-order valence-corrected chi connectivity index (χ3v) is 8.14. The van der Waals surface area contributed by atoms with Gasteiger partial charge in [0, 0.05) is 26.2 Å². The Balaban J connectivity index is 1.76. The van der Waals surface area contributed by atoms with Crippen LogP contribution in [0, 0.1) is 5.92 Å². The lowest BCUT2D eigenvalue weighted by Gasteiger charge is -2.22. The Morgan fingerprint density at radius 3 is 2.60 bits per heavy atom. The second-order valence-corrected chi connectivity index (χ2v) is 11.2. The van der Waals surface area contributed by atoms with Gasteiger partial charge in [-0.1, -0.05) is 37.3 Å².